The lowest BCUT2D eigenvalue weighted by Crippen LogP contribution is -2.50. The van der Waals surface area contributed by atoms with Gasteiger partial charge in [-0.05, 0) is 59.3 Å². The van der Waals surface area contributed by atoms with Crippen molar-refractivity contribution in [2.24, 2.45) is 0 Å². The molecule has 0 aromatic heterocycles. The van der Waals surface area contributed by atoms with Gasteiger partial charge in [-0.2, -0.15) is 0 Å². The molecule has 1 aliphatic rings. The van der Waals surface area contributed by atoms with E-state index < -0.39 is 25.2 Å². The van der Waals surface area contributed by atoms with Crippen molar-refractivity contribution in [1.82, 2.24) is 0 Å². The average Bonchev–Trinajstić information content (AvgIpc) is 2.59. The average molecular weight is 311 g/mol. The summed E-state index contributed by atoms with van der Waals surface area (Å²) in [7, 11) is -4.72. The van der Waals surface area contributed by atoms with E-state index in [2.05, 4.69) is 59.3 Å². The Balaban J connectivity index is 0. The van der Waals surface area contributed by atoms with E-state index in [0.717, 1.165) is 6.61 Å². The smallest absolute Gasteiger partial charge is 0.311 e. The lowest BCUT2D eigenvalue weighted by Gasteiger charge is -2.35. The van der Waals surface area contributed by atoms with Crippen molar-refractivity contribution in [3.05, 3.63) is 0 Å². The van der Waals surface area contributed by atoms with Crippen LogP contribution in [-0.4, -0.2) is 37.9 Å². The van der Waals surface area contributed by atoms with Crippen molar-refractivity contribution in [1.29, 1.82) is 0 Å². The summed E-state index contributed by atoms with van der Waals surface area (Å²) >= 11 is 0. The van der Waals surface area contributed by atoms with Gasteiger partial charge in [0.25, 0.3) is 0 Å². The van der Waals surface area contributed by atoms with Gasteiger partial charge in [0.05, 0.1) is 12.7 Å². The molecule has 0 aromatic carbocycles. The summed E-state index contributed by atoms with van der Waals surface area (Å²) in [6, 6.07) is 0. The molecule has 1 saturated heterocycles. The molecule has 0 saturated carbocycles. The van der Waals surface area contributed by atoms with E-state index in [1.54, 1.807) is 0 Å². The van der Waals surface area contributed by atoms with Crippen LogP contribution in [0, 0.1) is 0 Å². The van der Waals surface area contributed by atoms with Gasteiger partial charge in [-0.15, -0.1) is 0 Å². The first kappa shape index (κ1) is 20.8. The topological polar surface area (TPSA) is 31.0 Å². The molecule has 3 nitrogen and oxygen atoms in total. The van der Waals surface area contributed by atoms with Crippen LogP contribution in [0.4, 0.5) is 0 Å². The first-order valence-electron chi connectivity index (χ1n) is 6.33. The Kier molecular flexibility index (Phi) is 8.51. The third-order valence-corrected chi connectivity index (χ3v) is 10.4. The molecule has 1 heterocycles. The molecule has 1 unspecified atom stereocenters. The highest BCUT2D eigenvalue weighted by molar-refractivity contribution is 6.87. The van der Waals surface area contributed by atoms with Gasteiger partial charge in [-0.25, -0.2) is 0 Å². The van der Waals surface area contributed by atoms with Crippen molar-refractivity contribution in [2.45, 2.75) is 72.8 Å². The Morgan fingerprint density at radius 1 is 0.833 bits per heavy atom. The number of epoxide rings is 1. The Hall–Kier alpha value is 0.531. The van der Waals surface area contributed by atoms with Crippen molar-refractivity contribution in [2.75, 3.05) is 6.61 Å². The van der Waals surface area contributed by atoms with E-state index in [4.69, 9.17) is 13.0 Å². The fourth-order valence-electron chi connectivity index (χ4n) is 1.59. The van der Waals surface area contributed by atoms with E-state index in [0.29, 0.717) is 6.10 Å². The molecule has 0 amide bonds. The highest BCUT2D eigenvalue weighted by Gasteiger charge is 2.35. The molecule has 18 heavy (non-hydrogen) atoms. The second-order valence-electron chi connectivity index (χ2n) is 6.97. The van der Waals surface area contributed by atoms with Crippen molar-refractivity contribution in [3.63, 3.8) is 0 Å². The van der Waals surface area contributed by atoms with Crippen LogP contribution in [0.25, 0.3) is 0 Å². The first-order chi connectivity index (χ1) is 7.31. The summed E-state index contributed by atoms with van der Waals surface area (Å²) in [4.78, 5) is 0. The summed E-state index contributed by atoms with van der Waals surface area (Å²) in [5.74, 6) is 0. The Morgan fingerprint density at radius 2 is 1.06 bits per heavy atom. The number of hydrogen-bond acceptors (Lipinski definition) is 3. The maximum Gasteiger partial charge on any atom is 0.311 e. The predicted octanol–water partition coefficient (Wildman–Crippen LogP) is 4.43. The van der Waals surface area contributed by atoms with Gasteiger partial charge < -0.3 is 13.0 Å². The minimum absolute atomic E-state index is 0. The lowest BCUT2D eigenvalue weighted by molar-refractivity contribution is 0.395. The fraction of sp³-hybridized carbons (Fsp3) is 1.00. The zero-order valence-electron chi connectivity index (χ0n) is 13.0. The van der Waals surface area contributed by atoms with Gasteiger partial charge in [0, 0.05) is 0 Å². The van der Waals surface area contributed by atoms with Gasteiger partial charge in [0.1, 0.15) is 0 Å². The third kappa shape index (κ3) is 16.5. The summed E-state index contributed by atoms with van der Waals surface area (Å²) in [6.45, 7) is 20.7. The van der Waals surface area contributed by atoms with Crippen LogP contribution in [0.15, 0.2) is 0 Å². The van der Waals surface area contributed by atoms with E-state index in [-0.39, 0.29) is 7.43 Å². The predicted molar refractivity (Wildman–Crippen MR) is 88.5 cm³/mol. The van der Waals surface area contributed by atoms with Crippen molar-refractivity contribution < 1.29 is 13.0 Å². The van der Waals surface area contributed by atoms with Crippen molar-refractivity contribution >= 4 is 25.2 Å². The van der Waals surface area contributed by atoms with Gasteiger partial charge in [-0.3, -0.25) is 0 Å². The van der Waals surface area contributed by atoms with E-state index >= 15 is 0 Å². The summed E-state index contributed by atoms with van der Waals surface area (Å²) < 4.78 is 16.9. The van der Waals surface area contributed by atoms with Crippen LogP contribution in [0.2, 0.25) is 52.4 Å². The monoisotopic (exact) mass is 310 g/mol. The highest BCUT2D eigenvalue weighted by Crippen LogP contribution is 2.19. The lowest BCUT2D eigenvalue weighted by atomic mass is 10.6. The molecule has 112 valence electrons. The molecular weight excluding hydrogens is 276 g/mol. The normalized spacial score (nSPS) is 19.5. The first-order valence-corrected chi connectivity index (χ1v) is 16.0. The van der Waals surface area contributed by atoms with Crippen LogP contribution in [0.5, 0.6) is 0 Å². The maximum atomic E-state index is 6.09. The van der Waals surface area contributed by atoms with Crippen LogP contribution >= 0.6 is 0 Å². The van der Waals surface area contributed by atoms with Crippen LogP contribution in [-0.2, 0) is 13.0 Å². The minimum Gasteiger partial charge on any atom is -0.437 e. The summed E-state index contributed by atoms with van der Waals surface area (Å²) in [5.41, 5.74) is 0. The Morgan fingerprint density at radius 3 is 1.17 bits per heavy atom. The molecular formula is C12H34O3Si3. The van der Waals surface area contributed by atoms with Crippen LogP contribution in [0.1, 0.15) is 14.4 Å². The molecule has 1 rings (SSSR count). The molecule has 6 heteroatoms. The van der Waals surface area contributed by atoms with E-state index in [1.165, 1.54) is 0 Å². The number of rotatable bonds is 4. The second kappa shape index (κ2) is 7.35. The Bertz CT molecular complexity index is 210. The maximum absolute atomic E-state index is 6.09. The molecule has 0 aromatic rings. The fourth-order valence-corrected chi connectivity index (χ4v) is 13.9. The van der Waals surface area contributed by atoms with Gasteiger partial charge in [0.15, 0.2) is 16.6 Å². The SMILES string of the molecule is C.CC1CO1.C[Si](C)(C)O[Si](C)(C)O[Si](C)(C)C. The van der Waals surface area contributed by atoms with Crippen LogP contribution < -0.4 is 0 Å². The third-order valence-electron chi connectivity index (χ3n) is 1.60. The van der Waals surface area contributed by atoms with Gasteiger partial charge in [-0.1, -0.05) is 7.43 Å². The Labute approximate surface area is 118 Å². The molecule has 1 atom stereocenters. The highest BCUT2D eigenvalue weighted by atomic mass is 28.5. The molecule has 1 aliphatic heterocycles. The quantitative estimate of drug-likeness (QED) is 0.568. The number of ether oxygens (including phenoxy) is 1. The largest absolute Gasteiger partial charge is 0.437 e. The van der Waals surface area contributed by atoms with E-state index in [1.807, 2.05) is 0 Å². The summed E-state index contributed by atoms with van der Waals surface area (Å²) in [5, 5.41) is 0. The number of hydrogen-bond donors (Lipinski definition) is 0. The van der Waals surface area contributed by atoms with Crippen molar-refractivity contribution in [3.8, 4) is 0 Å². The standard InChI is InChI=1S/C8H24O2Si3.C3H6O.CH4/c1-11(2,3)9-13(7,8)10-12(4,5)6;1-3-2-4-3;/h1-8H3;3H,2H2,1H3;1H4. The second-order valence-corrected chi connectivity index (χ2v) is 19.9. The molecule has 1 fully saturated rings. The zero-order chi connectivity index (χ0) is 13.9. The van der Waals surface area contributed by atoms with Gasteiger partial charge >= 0.3 is 8.56 Å². The van der Waals surface area contributed by atoms with Gasteiger partial charge in [0.2, 0.25) is 0 Å². The molecule has 0 radical (unpaired) electrons. The molecule has 0 N–H and O–H groups in total. The summed E-state index contributed by atoms with van der Waals surface area (Å²) in [6.07, 6.45) is 0.583. The molecule has 0 bridgehead atoms. The molecule has 0 spiro atoms. The van der Waals surface area contributed by atoms with Crippen LogP contribution in [0.3, 0.4) is 0 Å². The minimum atomic E-state index is -1.85. The van der Waals surface area contributed by atoms with E-state index in [9.17, 15) is 0 Å². The zero-order valence-corrected chi connectivity index (χ0v) is 16.0. The molecule has 0 aliphatic carbocycles.